The third kappa shape index (κ3) is 3.89. The molecule has 0 aromatic carbocycles. The van der Waals surface area contributed by atoms with Gasteiger partial charge in [-0.05, 0) is 32.8 Å². The molecule has 1 aliphatic heterocycles. The maximum absolute atomic E-state index is 13.0. The summed E-state index contributed by atoms with van der Waals surface area (Å²) in [5.74, 6) is -0.899. The minimum atomic E-state index is -0.894. The van der Waals surface area contributed by atoms with Gasteiger partial charge in [-0.25, -0.2) is 0 Å². The summed E-state index contributed by atoms with van der Waals surface area (Å²) in [6.07, 6.45) is 5.70. The van der Waals surface area contributed by atoms with E-state index < -0.39 is 12.1 Å². The van der Waals surface area contributed by atoms with Crippen LogP contribution in [0.3, 0.4) is 0 Å². The summed E-state index contributed by atoms with van der Waals surface area (Å²) in [4.78, 5) is 25.7. The van der Waals surface area contributed by atoms with E-state index in [1.54, 1.807) is 4.90 Å². The highest BCUT2D eigenvalue weighted by Crippen LogP contribution is 2.32. The number of aromatic nitrogens is 1. The molecule has 0 radical (unpaired) electrons. The Hall–Kier alpha value is -1.82. The summed E-state index contributed by atoms with van der Waals surface area (Å²) in [6.45, 7) is 5.36. The van der Waals surface area contributed by atoms with Gasteiger partial charge in [0, 0.05) is 30.5 Å². The largest absolute Gasteiger partial charge is 0.481 e. The molecule has 2 aliphatic rings. The lowest BCUT2D eigenvalue weighted by atomic mass is 9.95. The van der Waals surface area contributed by atoms with Crippen LogP contribution in [-0.4, -0.2) is 52.3 Å². The number of rotatable bonds is 4. The van der Waals surface area contributed by atoms with E-state index in [4.69, 9.17) is 9.84 Å². The highest BCUT2D eigenvalue weighted by Gasteiger charge is 2.29. The van der Waals surface area contributed by atoms with E-state index in [-0.39, 0.29) is 12.3 Å². The fourth-order valence-corrected chi connectivity index (χ4v) is 4.29. The lowest BCUT2D eigenvalue weighted by Gasteiger charge is -2.32. The van der Waals surface area contributed by atoms with Crippen LogP contribution in [0, 0.1) is 13.8 Å². The first kappa shape index (κ1) is 18.0. The van der Waals surface area contributed by atoms with Gasteiger partial charge in [0.25, 0.3) is 5.91 Å². The van der Waals surface area contributed by atoms with Gasteiger partial charge in [0.15, 0.2) is 0 Å². The Labute approximate surface area is 148 Å². The van der Waals surface area contributed by atoms with Crippen LogP contribution in [0.15, 0.2) is 6.07 Å². The molecule has 0 bridgehead atoms. The molecule has 3 rings (SSSR count). The summed E-state index contributed by atoms with van der Waals surface area (Å²) in [6, 6.07) is 2.49. The number of aryl methyl sites for hydroxylation is 1. The third-order valence-corrected chi connectivity index (χ3v) is 5.48. The Bertz CT molecular complexity index is 646. The molecular formula is C19H28N2O4. The Morgan fingerprint density at radius 1 is 1.24 bits per heavy atom. The lowest BCUT2D eigenvalue weighted by molar-refractivity contribution is -0.141. The smallest absolute Gasteiger partial charge is 0.306 e. The molecule has 1 aromatic heterocycles. The second-order valence-electron chi connectivity index (χ2n) is 7.29. The normalized spacial score (nSPS) is 22.2. The van der Waals surface area contributed by atoms with Crippen molar-refractivity contribution in [3.05, 3.63) is 23.0 Å². The Balaban J connectivity index is 1.77. The molecule has 0 spiro atoms. The maximum Gasteiger partial charge on any atom is 0.306 e. The number of aliphatic carboxylic acids is 1. The zero-order valence-electron chi connectivity index (χ0n) is 15.2. The minimum Gasteiger partial charge on any atom is -0.481 e. The van der Waals surface area contributed by atoms with Crippen LogP contribution in [0.2, 0.25) is 0 Å². The molecule has 138 valence electrons. The van der Waals surface area contributed by atoms with Gasteiger partial charge in [0.2, 0.25) is 0 Å². The monoisotopic (exact) mass is 348 g/mol. The quantitative estimate of drug-likeness (QED) is 0.908. The van der Waals surface area contributed by atoms with E-state index in [0.717, 1.165) is 17.0 Å². The topological polar surface area (TPSA) is 71.8 Å². The number of carboxylic acids is 1. The van der Waals surface area contributed by atoms with Gasteiger partial charge in [-0.3, -0.25) is 9.59 Å². The van der Waals surface area contributed by atoms with Crippen LogP contribution in [0.25, 0.3) is 0 Å². The van der Waals surface area contributed by atoms with Gasteiger partial charge in [0.05, 0.1) is 24.7 Å². The number of morpholine rings is 1. The first-order chi connectivity index (χ1) is 12.0. The zero-order valence-corrected chi connectivity index (χ0v) is 15.2. The van der Waals surface area contributed by atoms with Gasteiger partial charge >= 0.3 is 5.97 Å². The van der Waals surface area contributed by atoms with Crippen LogP contribution in [0.1, 0.15) is 66.3 Å². The van der Waals surface area contributed by atoms with Crippen molar-refractivity contribution in [2.75, 3.05) is 19.7 Å². The number of hydrogen-bond acceptors (Lipinski definition) is 3. The van der Waals surface area contributed by atoms with Crippen LogP contribution in [0.5, 0.6) is 0 Å². The molecule has 1 atom stereocenters. The molecule has 6 nitrogen and oxygen atoms in total. The summed E-state index contributed by atoms with van der Waals surface area (Å²) in [5.41, 5.74) is 2.93. The average Bonchev–Trinajstić information content (AvgIpc) is 2.89. The molecule has 1 amide bonds. The Morgan fingerprint density at radius 3 is 2.64 bits per heavy atom. The number of carboxylic acid groups (broad SMARTS) is 1. The molecule has 25 heavy (non-hydrogen) atoms. The van der Waals surface area contributed by atoms with Crippen molar-refractivity contribution in [2.45, 2.75) is 64.5 Å². The summed E-state index contributed by atoms with van der Waals surface area (Å²) in [5, 5.41) is 8.95. The standard InChI is InChI=1S/C19H28N2O4/c1-13-10-17(14(2)21(13)15-6-4-3-5-7-15)19(24)20-8-9-25-16(12-20)11-18(22)23/h10,15-16H,3-9,11-12H2,1-2H3,(H,22,23)/t16-/m0/s1. The number of amides is 1. The molecule has 2 fully saturated rings. The van der Waals surface area contributed by atoms with Crippen LogP contribution < -0.4 is 0 Å². The average molecular weight is 348 g/mol. The first-order valence-corrected chi connectivity index (χ1v) is 9.28. The molecule has 1 saturated carbocycles. The molecule has 1 saturated heterocycles. The molecule has 2 heterocycles. The summed E-state index contributed by atoms with van der Waals surface area (Å²) < 4.78 is 7.81. The van der Waals surface area contributed by atoms with Crippen molar-refractivity contribution in [1.29, 1.82) is 0 Å². The highest BCUT2D eigenvalue weighted by molar-refractivity contribution is 5.95. The van der Waals surface area contributed by atoms with Crippen LogP contribution in [0.4, 0.5) is 0 Å². The fourth-order valence-electron chi connectivity index (χ4n) is 4.29. The van der Waals surface area contributed by atoms with Gasteiger partial charge in [-0.15, -0.1) is 0 Å². The van der Waals surface area contributed by atoms with Crippen LogP contribution in [-0.2, 0) is 9.53 Å². The van der Waals surface area contributed by atoms with Crippen molar-refractivity contribution >= 4 is 11.9 Å². The number of hydrogen-bond donors (Lipinski definition) is 1. The van der Waals surface area contributed by atoms with Gasteiger partial charge in [0.1, 0.15) is 0 Å². The number of nitrogens with zero attached hydrogens (tertiary/aromatic N) is 2. The van der Waals surface area contributed by atoms with E-state index in [0.29, 0.717) is 25.7 Å². The molecule has 1 aromatic rings. The summed E-state index contributed by atoms with van der Waals surface area (Å²) >= 11 is 0. The molecule has 6 heteroatoms. The maximum atomic E-state index is 13.0. The predicted octanol–water partition coefficient (Wildman–Crippen LogP) is 2.93. The van der Waals surface area contributed by atoms with Crippen molar-refractivity contribution in [2.24, 2.45) is 0 Å². The second-order valence-corrected chi connectivity index (χ2v) is 7.29. The van der Waals surface area contributed by atoms with Gasteiger partial charge < -0.3 is 19.3 Å². The SMILES string of the molecule is Cc1cc(C(=O)N2CCO[C@@H](CC(=O)O)C2)c(C)n1C1CCCCC1. The Morgan fingerprint density at radius 2 is 1.96 bits per heavy atom. The zero-order chi connectivity index (χ0) is 18.0. The van der Waals surface area contributed by atoms with Crippen molar-refractivity contribution in [1.82, 2.24) is 9.47 Å². The first-order valence-electron chi connectivity index (χ1n) is 9.28. The van der Waals surface area contributed by atoms with Crippen molar-refractivity contribution < 1.29 is 19.4 Å². The Kier molecular flexibility index (Phi) is 5.47. The second kappa shape index (κ2) is 7.60. The fraction of sp³-hybridized carbons (Fsp3) is 0.684. The molecular weight excluding hydrogens is 320 g/mol. The predicted molar refractivity (Wildman–Crippen MR) is 93.9 cm³/mol. The number of ether oxygens (including phenoxy) is 1. The van der Waals surface area contributed by atoms with E-state index in [1.807, 2.05) is 13.0 Å². The van der Waals surface area contributed by atoms with E-state index in [1.165, 1.54) is 32.1 Å². The lowest BCUT2D eigenvalue weighted by Crippen LogP contribution is -2.46. The van der Waals surface area contributed by atoms with Crippen molar-refractivity contribution in [3.8, 4) is 0 Å². The van der Waals surface area contributed by atoms with Gasteiger partial charge in [-0.1, -0.05) is 19.3 Å². The van der Waals surface area contributed by atoms with E-state index in [9.17, 15) is 9.59 Å². The van der Waals surface area contributed by atoms with Gasteiger partial charge in [-0.2, -0.15) is 0 Å². The van der Waals surface area contributed by atoms with E-state index >= 15 is 0 Å². The summed E-state index contributed by atoms with van der Waals surface area (Å²) in [7, 11) is 0. The number of carbonyl (C=O) groups excluding carboxylic acids is 1. The molecule has 1 aliphatic carbocycles. The highest BCUT2D eigenvalue weighted by atomic mass is 16.5. The number of carbonyl (C=O) groups is 2. The molecule has 1 N–H and O–H groups in total. The third-order valence-electron chi connectivity index (χ3n) is 5.48. The minimum absolute atomic E-state index is 0.00570. The molecule has 0 unspecified atom stereocenters. The van der Waals surface area contributed by atoms with E-state index in [2.05, 4.69) is 11.5 Å². The van der Waals surface area contributed by atoms with Crippen molar-refractivity contribution in [3.63, 3.8) is 0 Å². The van der Waals surface area contributed by atoms with Crippen LogP contribution >= 0.6 is 0 Å².